The zero-order chi connectivity index (χ0) is 13.7. The van der Waals surface area contributed by atoms with Gasteiger partial charge in [0.25, 0.3) is 0 Å². The molecule has 19 heavy (non-hydrogen) atoms. The number of hydrogen-bond acceptors (Lipinski definition) is 3. The van der Waals surface area contributed by atoms with Gasteiger partial charge in [-0.15, -0.1) is 0 Å². The predicted molar refractivity (Wildman–Crippen MR) is 77.1 cm³/mol. The van der Waals surface area contributed by atoms with Gasteiger partial charge in [-0.3, -0.25) is 4.68 Å². The molecule has 1 aromatic heterocycles. The number of ether oxygens (including phenoxy) is 1. The monoisotopic (exact) mass is 265 g/mol. The van der Waals surface area contributed by atoms with Crippen molar-refractivity contribution in [3.8, 4) is 0 Å². The summed E-state index contributed by atoms with van der Waals surface area (Å²) in [7, 11) is 3.84. The molecule has 1 aliphatic carbocycles. The molecule has 4 nitrogen and oxygen atoms in total. The van der Waals surface area contributed by atoms with Crippen molar-refractivity contribution in [2.45, 2.75) is 57.1 Å². The third kappa shape index (κ3) is 3.18. The second-order valence-electron chi connectivity index (χ2n) is 5.66. The van der Waals surface area contributed by atoms with Gasteiger partial charge in [-0.25, -0.2) is 0 Å². The van der Waals surface area contributed by atoms with Gasteiger partial charge >= 0.3 is 0 Å². The number of methoxy groups -OCH3 is 1. The number of nitrogens with one attached hydrogen (secondary N) is 1. The highest BCUT2D eigenvalue weighted by atomic mass is 16.5. The van der Waals surface area contributed by atoms with Crippen LogP contribution in [-0.2, 0) is 11.8 Å². The van der Waals surface area contributed by atoms with Crippen LogP contribution in [-0.4, -0.2) is 29.0 Å². The minimum atomic E-state index is -0.0591. The lowest BCUT2D eigenvalue weighted by atomic mass is 9.77. The average Bonchev–Trinajstić information content (AvgIpc) is 2.86. The van der Waals surface area contributed by atoms with Crippen molar-refractivity contribution in [3.63, 3.8) is 0 Å². The molecule has 0 aromatic carbocycles. The van der Waals surface area contributed by atoms with Gasteiger partial charge < -0.3 is 10.1 Å². The van der Waals surface area contributed by atoms with E-state index in [4.69, 9.17) is 4.74 Å². The van der Waals surface area contributed by atoms with Gasteiger partial charge in [-0.05, 0) is 25.8 Å². The Morgan fingerprint density at radius 3 is 2.68 bits per heavy atom. The topological polar surface area (TPSA) is 39.1 Å². The van der Waals surface area contributed by atoms with Crippen LogP contribution < -0.4 is 5.32 Å². The van der Waals surface area contributed by atoms with E-state index in [9.17, 15) is 0 Å². The molecule has 1 unspecified atom stereocenters. The van der Waals surface area contributed by atoms with Gasteiger partial charge in [-0.1, -0.05) is 26.2 Å². The third-order valence-corrected chi connectivity index (χ3v) is 4.29. The lowest BCUT2D eigenvalue weighted by Gasteiger charge is -2.42. The number of aromatic nitrogens is 2. The van der Waals surface area contributed by atoms with Crippen molar-refractivity contribution in [1.29, 1.82) is 0 Å². The summed E-state index contributed by atoms with van der Waals surface area (Å²) >= 11 is 0. The minimum absolute atomic E-state index is 0.0591. The number of aryl methyl sites for hydroxylation is 1. The van der Waals surface area contributed by atoms with E-state index in [-0.39, 0.29) is 11.6 Å². The summed E-state index contributed by atoms with van der Waals surface area (Å²) in [5.74, 6) is 0. The van der Waals surface area contributed by atoms with Crippen molar-refractivity contribution >= 4 is 0 Å². The third-order valence-electron chi connectivity index (χ3n) is 4.29. The Bertz CT molecular complexity index is 382. The van der Waals surface area contributed by atoms with Crippen LogP contribution in [0.4, 0.5) is 0 Å². The van der Waals surface area contributed by atoms with Crippen LogP contribution in [0.1, 0.15) is 57.1 Å². The van der Waals surface area contributed by atoms with Crippen LogP contribution in [0.15, 0.2) is 12.4 Å². The number of nitrogens with zero attached hydrogens (tertiary/aromatic N) is 2. The van der Waals surface area contributed by atoms with Crippen LogP contribution in [0.5, 0.6) is 0 Å². The highest BCUT2D eigenvalue weighted by Gasteiger charge is 2.41. The molecule has 0 radical (unpaired) electrons. The molecular weight excluding hydrogens is 238 g/mol. The van der Waals surface area contributed by atoms with E-state index in [1.807, 2.05) is 25.0 Å². The first kappa shape index (κ1) is 14.5. The van der Waals surface area contributed by atoms with E-state index in [0.29, 0.717) is 0 Å². The maximum Gasteiger partial charge on any atom is 0.0873 e. The highest BCUT2D eigenvalue weighted by Crippen LogP contribution is 2.41. The van der Waals surface area contributed by atoms with Crippen LogP contribution in [0.2, 0.25) is 0 Å². The lowest BCUT2D eigenvalue weighted by molar-refractivity contribution is -0.0687. The number of rotatable bonds is 6. The molecule has 4 heteroatoms. The SMILES string of the molecule is CCCNC(c1cnn(C)c1)C1(OC)CCCCC1. The van der Waals surface area contributed by atoms with Gasteiger partial charge in [0.05, 0.1) is 17.8 Å². The minimum Gasteiger partial charge on any atom is -0.376 e. The van der Waals surface area contributed by atoms with E-state index >= 15 is 0 Å². The summed E-state index contributed by atoms with van der Waals surface area (Å²) in [5, 5.41) is 8.01. The van der Waals surface area contributed by atoms with E-state index in [1.165, 1.54) is 24.8 Å². The van der Waals surface area contributed by atoms with Gasteiger partial charge in [0, 0.05) is 25.9 Å². The summed E-state index contributed by atoms with van der Waals surface area (Å²) in [4.78, 5) is 0. The normalized spacial score (nSPS) is 20.4. The van der Waals surface area contributed by atoms with Crippen LogP contribution in [0, 0.1) is 0 Å². The maximum atomic E-state index is 6.00. The Morgan fingerprint density at radius 2 is 2.16 bits per heavy atom. The zero-order valence-corrected chi connectivity index (χ0v) is 12.5. The first-order valence-corrected chi connectivity index (χ1v) is 7.49. The molecule has 1 N–H and O–H groups in total. The second-order valence-corrected chi connectivity index (χ2v) is 5.66. The molecule has 0 saturated heterocycles. The summed E-state index contributed by atoms with van der Waals surface area (Å²) in [6, 6.07) is 0.256. The molecule has 108 valence electrons. The molecule has 1 fully saturated rings. The van der Waals surface area contributed by atoms with E-state index < -0.39 is 0 Å². The molecule has 1 saturated carbocycles. The Balaban J connectivity index is 2.24. The van der Waals surface area contributed by atoms with Crippen molar-refractivity contribution in [1.82, 2.24) is 15.1 Å². The molecule has 0 bridgehead atoms. The first-order chi connectivity index (χ1) is 9.22. The quantitative estimate of drug-likeness (QED) is 0.859. The van der Waals surface area contributed by atoms with Crippen molar-refractivity contribution < 1.29 is 4.74 Å². The summed E-state index contributed by atoms with van der Waals surface area (Å²) in [6.07, 6.45) is 11.4. The smallest absolute Gasteiger partial charge is 0.0873 e. The lowest BCUT2D eigenvalue weighted by Crippen LogP contribution is -2.47. The van der Waals surface area contributed by atoms with Crippen LogP contribution in [0.3, 0.4) is 0 Å². The maximum absolute atomic E-state index is 6.00. The van der Waals surface area contributed by atoms with Crippen LogP contribution >= 0.6 is 0 Å². The predicted octanol–water partition coefficient (Wildman–Crippen LogP) is 2.81. The molecule has 1 aromatic rings. The largest absolute Gasteiger partial charge is 0.376 e. The van der Waals surface area contributed by atoms with E-state index in [1.54, 1.807) is 0 Å². The average molecular weight is 265 g/mol. The summed E-state index contributed by atoms with van der Waals surface area (Å²) in [6.45, 7) is 3.22. The molecule has 1 atom stereocenters. The van der Waals surface area contributed by atoms with Crippen molar-refractivity contribution in [2.75, 3.05) is 13.7 Å². The van der Waals surface area contributed by atoms with Gasteiger partial charge in [0.2, 0.25) is 0 Å². The summed E-state index contributed by atoms with van der Waals surface area (Å²) in [5.41, 5.74) is 1.19. The Labute approximate surface area is 116 Å². The second kappa shape index (κ2) is 6.53. The van der Waals surface area contributed by atoms with Crippen LogP contribution in [0.25, 0.3) is 0 Å². The molecule has 0 aliphatic heterocycles. The van der Waals surface area contributed by atoms with Gasteiger partial charge in [0.15, 0.2) is 0 Å². The fraction of sp³-hybridized carbons (Fsp3) is 0.800. The zero-order valence-electron chi connectivity index (χ0n) is 12.5. The number of hydrogen-bond donors (Lipinski definition) is 1. The first-order valence-electron chi connectivity index (χ1n) is 7.49. The Kier molecular flexibility index (Phi) is 4.99. The highest BCUT2D eigenvalue weighted by molar-refractivity contribution is 5.17. The van der Waals surface area contributed by atoms with Crippen molar-refractivity contribution in [2.24, 2.45) is 7.05 Å². The Hall–Kier alpha value is -0.870. The van der Waals surface area contributed by atoms with E-state index in [2.05, 4.69) is 23.5 Å². The molecule has 2 rings (SSSR count). The fourth-order valence-electron chi connectivity index (χ4n) is 3.25. The Morgan fingerprint density at radius 1 is 1.42 bits per heavy atom. The molecular formula is C15H27N3O. The van der Waals surface area contributed by atoms with Crippen molar-refractivity contribution in [3.05, 3.63) is 18.0 Å². The standard InChI is InChI=1S/C15H27N3O/c1-4-10-16-14(13-11-17-18(2)12-13)15(19-3)8-6-5-7-9-15/h11-12,14,16H,4-10H2,1-3H3. The van der Waals surface area contributed by atoms with Gasteiger partial charge in [0.1, 0.15) is 0 Å². The molecule has 1 heterocycles. The summed E-state index contributed by atoms with van der Waals surface area (Å²) < 4.78 is 7.88. The van der Waals surface area contributed by atoms with E-state index in [0.717, 1.165) is 25.8 Å². The molecule has 0 spiro atoms. The van der Waals surface area contributed by atoms with Gasteiger partial charge in [-0.2, -0.15) is 5.10 Å². The molecule has 1 aliphatic rings. The molecule has 0 amide bonds. The fourth-order valence-corrected chi connectivity index (χ4v) is 3.25.